The molecule has 0 spiro atoms. The molecule has 0 heterocycles. The first-order chi connectivity index (χ1) is 9.94. The van der Waals surface area contributed by atoms with E-state index >= 15 is 0 Å². The van der Waals surface area contributed by atoms with Gasteiger partial charge in [0.05, 0.1) is 21.3 Å². The Labute approximate surface area is 133 Å². The van der Waals surface area contributed by atoms with Gasteiger partial charge in [0.15, 0.2) is 0 Å². The summed E-state index contributed by atoms with van der Waals surface area (Å²) >= 11 is 0. The van der Waals surface area contributed by atoms with Crippen molar-refractivity contribution in [2.75, 3.05) is 27.4 Å². The van der Waals surface area contributed by atoms with Gasteiger partial charge in [-0.1, -0.05) is 56.6 Å². The fourth-order valence-electron chi connectivity index (χ4n) is 4.69. The van der Waals surface area contributed by atoms with Crippen molar-refractivity contribution in [1.29, 1.82) is 0 Å². The third-order valence-corrected chi connectivity index (χ3v) is 12.1. The lowest BCUT2D eigenvalue weighted by atomic mass is 9.87. The molecule has 1 unspecified atom stereocenters. The number of ether oxygens (including phenoxy) is 2. The Morgan fingerprint density at radius 1 is 1.10 bits per heavy atom. The highest BCUT2D eigenvalue weighted by Gasteiger charge is 2.43. The average molecular weight is 313 g/mol. The minimum Gasteiger partial charge on any atom is -0.384 e. The van der Waals surface area contributed by atoms with Crippen molar-refractivity contribution < 1.29 is 9.47 Å². The van der Waals surface area contributed by atoms with Crippen LogP contribution in [0, 0.1) is 11.3 Å². The molecule has 3 heteroatoms. The zero-order valence-corrected chi connectivity index (χ0v) is 16.3. The standard InChI is InChI=1S/C18H36O2Si/c1-8-21(9-2,10-3)16(5)17-12-18(13-19-6,14-20-7)11-15(17)4/h15H,8-14H2,1-7H3/b17-16-. The summed E-state index contributed by atoms with van der Waals surface area (Å²) < 4.78 is 11.1. The van der Waals surface area contributed by atoms with E-state index in [1.165, 1.54) is 31.0 Å². The number of hydrogen-bond donors (Lipinski definition) is 0. The number of rotatable bonds is 8. The molecule has 0 bridgehead atoms. The molecule has 1 aliphatic carbocycles. The van der Waals surface area contributed by atoms with Crippen LogP contribution >= 0.6 is 0 Å². The second kappa shape index (κ2) is 7.93. The molecule has 2 nitrogen and oxygen atoms in total. The molecular weight excluding hydrogens is 276 g/mol. The maximum atomic E-state index is 5.53. The van der Waals surface area contributed by atoms with Crippen LogP contribution in [0.4, 0.5) is 0 Å². The Balaban J connectivity index is 3.15. The molecule has 0 amide bonds. The van der Waals surface area contributed by atoms with Crippen molar-refractivity contribution in [3.05, 3.63) is 10.8 Å². The normalized spacial score (nSPS) is 24.4. The molecule has 0 radical (unpaired) electrons. The van der Waals surface area contributed by atoms with Gasteiger partial charge in [0.2, 0.25) is 0 Å². The van der Waals surface area contributed by atoms with Crippen LogP contribution < -0.4 is 0 Å². The van der Waals surface area contributed by atoms with Crippen molar-refractivity contribution >= 4 is 8.07 Å². The fourth-order valence-corrected chi connectivity index (χ4v) is 8.79. The molecule has 124 valence electrons. The highest BCUT2D eigenvalue weighted by molar-refractivity contribution is 6.86. The van der Waals surface area contributed by atoms with E-state index in [1.54, 1.807) is 10.8 Å². The summed E-state index contributed by atoms with van der Waals surface area (Å²) in [5.74, 6) is 0.687. The second-order valence-electron chi connectivity index (χ2n) is 7.14. The molecule has 0 aromatic rings. The number of allylic oxidation sites excluding steroid dienone is 2. The van der Waals surface area contributed by atoms with Gasteiger partial charge in [0.1, 0.15) is 0 Å². The van der Waals surface area contributed by atoms with E-state index in [4.69, 9.17) is 9.47 Å². The topological polar surface area (TPSA) is 18.5 Å². The first-order valence-electron chi connectivity index (χ1n) is 8.62. The third-order valence-electron chi connectivity index (χ3n) is 6.11. The first-order valence-corrected chi connectivity index (χ1v) is 11.2. The Morgan fingerprint density at radius 3 is 1.95 bits per heavy atom. The van der Waals surface area contributed by atoms with Crippen LogP contribution in [-0.4, -0.2) is 35.5 Å². The highest BCUT2D eigenvalue weighted by Crippen LogP contribution is 2.49. The van der Waals surface area contributed by atoms with Crippen molar-refractivity contribution in [3.63, 3.8) is 0 Å². The molecule has 1 aliphatic rings. The summed E-state index contributed by atoms with van der Waals surface area (Å²) in [6.45, 7) is 13.7. The molecule has 0 saturated heterocycles. The van der Waals surface area contributed by atoms with E-state index in [9.17, 15) is 0 Å². The fraction of sp³-hybridized carbons (Fsp3) is 0.889. The SMILES string of the molecule is CC[Si](CC)(CC)/C(C)=C1/CC(COC)(COC)CC1C. The summed E-state index contributed by atoms with van der Waals surface area (Å²) in [4.78, 5) is 0. The third kappa shape index (κ3) is 3.80. The number of methoxy groups -OCH3 is 2. The minimum absolute atomic E-state index is 0.203. The zero-order chi connectivity index (χ0) is 16.1. The first kappa shape index (κ1) is 18.9. The molecule has 0 aromatic carbocycles. The molecule has 1 atom stereocenters. The maximum absolute atomic E-state index is 5.53. The molecular formula is C18H36O2Si. The molecule has 21 heavy (non-hydrogen) atoms. The second-order valence-corrected chi connectivity index (χ2v) is 12.6. The van der Waals surface area contributed by atoms with E-state index in [0.29, 0.717) is 5.92 Å². The van der Waals surface area contributed by atoms with E-state index in [1.807, 2.05) is 14.2 Å². The molecule has 1 rings (SSSR count). The van der Waals surface area contributed by atoms with Crippen LogP contribution in [0.3, 0.4) is 0 Å². The van der Waals surface area contributed by atoms with E-state index < -0.39 is 8.07 Å². The summed E-state index contributed by atoms with van der Waals surface area (Å²) in [6.07, 6.45) is 2.39. The van der Waals surface area contributed by atoms with Gasteiger partial charge < -0.3 is 9.47 Å². The van der Waals surface area contributed by atoms with Crippen LogP contribution in [0.2, 0.25) is 18.1 Å². The maximum Gasteiger partial charge on any atom is 0.0803 e. The van der Waals surface area contributed by atoms with Gasteiger partial charge in [-0.05, 0) is 25.7 Å². The van der Waals surface area contributed by atoms with Gasteiger partial charge in [-0.25, -0.2) is 0 Å². The Hall–Kier alpha value is -0.123. The smallest absolute Gasteiger partial charge is 0.0803 e. The van der Waals surface area contributed by atoms with Gasteiger partial charge in [0.25, 0.3) is 0 Å². The van der Waals surface area contributed by atoms with Crippen molar-refractivity contribution in [3.8, 4) is 0 Å². The Bertz CT molecular complexity index is 344. The largest absolute Gasteiger partial charge is 0.384 e. The Kier molecular flexibility index (Phi) is 7.15. The minimum atomic E-state index is -1.24. The number of hydrogen-bond acceptors (Lipinski definition) is 2. The van der Waals surface area contributed by atoms with Crippen molar-refractivity contribution in [1.82, 2.24) is 0 Å². The van der Waals surface area contributed by atoms with Gasteiger partial charge in [-0.2, -0.15) is 0 Å². The van der Waals surface area contributed by atoms with E-state index in [0.717, 1.165) is 13.2 Å². The van der Waals surface area contributed by atoms with Gasteiger partial charge >= 0.3 is 0 Å². The molecule has 0 aliphatic heterocycles. The lowest BCUT2D eigenvalue weighted by Gasteiger charge is -2.32. The van der Waals surface area contributed by atoms with Gasteiger partial charge in [-0.3, -0.25) is 0 Å². The highest BCUT2D eigenvalue weighted by atomic mass is 28.3. The summed E-state index contributed by atoms with van der Waals surface area (Å²) in [5.41, 5.74) is 1.94. The lowest BCUT2D eigenvalue weighted by Crippen LogP contribution is -2.35. The van der Waals surface area contributed by atoms with Gasteiger partial charge in [0, 0.05) is 19.6 Å². The quantitative estimate of drug-likeness (QED) is 0.583. The van der Waals surface area contributed by atoms with Crippen LogP contribution in [0.25, 0.3) is 0 Å². The molecule has 1 fully saturated rings. The van der Waals surface area contributed by atoms with E-state index in [2.05, 4.69) is 34.6 Å². The monoisotopic (exact) mass is 312 g/mol. The van der Waals surface area contributed by atoms with Crippen LogP contribution in [0.1, 0.15) is 47.5 Å². The van der Waals surface area contributed by atoms with Gasteiger partial charge in [-0.15, -0.1) is 0 Å². The summed E-state index contributed by atoms with van der Waals surface area (Å²) in [5, 5.41) is 1.79. The predicted octanol–water partition coefficient (Wildman–Crippen LogP) is 5.06. The summed E-state index contributed by atoms with van der Waals surface area (Å²) in [6, 6.07) is 4.14. The Morgan fingerprint density at radius 2 is 1.57 bits per heavy atom. The van der Waals surface area contributed by atoms with Crippen molar-refractivity contribution in [2.24, 2.45) is 11.3 Å². The average Bonchev–Trinajstić information content (AvgIpc) is 2.78. The molecule has 0 aromatic heterocycles. The van der Waals surface area contributed by atoms with Crippen LogP contribution in [0.15, 0.2) is 10.8 Å². The summed E-state index contributed by atoms with van der Waals surface area (Å²) in [7, 11) is 2.40. The lowest BCUT2D eigenvalue weighted by molar-refractivity contribution is 0.0136. The van der Waals surface area contributed by atoms with Crippen LogP contribution in [0.5, 0.6) is 0 Å². The van der Waals surface area contributed by atoms with Crippen molar-refractivity contribution in [2.45, 2.75) is 65.6 Å². The van der Waals surface area contributed by atoms with Crippen LogP contribution in [-0.2, 0) is 9.47 Å². The zero-order valence-electron chi connectivity index (χ0n) is 15.3. The molecule has 1 saturated carbocycles. The predicted molar refractivity (Wildman–Crippen MR) is 94.5 cm³/mol. The van der Waals surface area contributed by atoms with E-state index in [-0.39, 0.29) is 5.41 Å². The molecule has 0 N–H and O–H groups in total.